The molecule has 0 saturated carbocycles. The molecule has 4 N–H and O–H groups in total. The van der Waals surface area contributed by atoms with Gasteiger partial charge in [0.1, 0.15) is 0 Å². The van der Waals surface area contributed by atoms with Crippen LogP contribution in [0.5, 0.6) is 0 Å². The fourth-order valence-electron chi connectivity index (χ4n) is 1.56. The first-order valence-corrected chi connectivity index (χ1v) is 6.07. The Bertz CT molecular complexity index is 452. The van der Waals surface area contributed by atoms with Gasteiger partial charge in [-0.15, -0.1) is 0 Å². The SMILES string of the molecule is CC(C)(C)[C@@H](N)C(=O)N[C@H](C(=O)O)c1ccccc1. The number of nitrogens with two attached hydrogens (primary N) is 1. The zero-order valence-electron chi connectivity index (χ0n) is 11.4. The van der Waals surface area contributed by atoms with Gasteiger partial charge in [-0.3, -0.25) is 4.79 Å². The molecule has 0 spiro atoms. The molecule has 0 aliphatic carbocycles. The van der Waals surface area contributed by atoms with Gasteiger partial charge in [-0.1, -0.05) is 51.1 Å². The number of aliphatic carboxylic acids is 1. The summed E-state index contributed by atoms with van der Waals surface area (Å²) in [5, 5.41) is 11.7. The first kappa shape index (κ1) is 15.2. The van der Waals surface area contributed by atoms with E-state index in [9.17, 15) is 14.7 Å². The van der Waals surface area contributed by atoms with Crippen LogP contribution in [0.2, 0.25) is 0 Å². The summed E-state index contributed by atoms with van der Waals surface area (Å²) in [6.07, 6.45) is 0. The van der Waals surface area contributed by atoms with Crippen LogP contribution in [0.15, 0.2) is 30.3 Å². The molecule has 1 rings (SSSR count). The van der Waals surface area contributed by atoms with Gasteiger partial charge in [-0.2, -0.15) is 0 Å². The zero-order chi connectivity index (χ0) is 14.6. The van der Waals surface area contributed by atoms with Crippen molar-refractivity contribution in [2.24, 2.45) is 11.1 Å². The van der Waals surface area contributed by atoms with Crippen LogP contribution >= 0.6 is 0 Å². The number of hydrogen-bond donors (Lipinski definition) is 3. The summed E-state index contributed by atoms with van der Waals surface area (Å²) in [7, 11) is 0. The van der Waals surface area contributed by atoms with Gasteiger partial charge >= 0.3 is 5.97 Å². The third kappa shape index (κ3) is 4.06. The largest absolute Gasteiger partial charge is 0.479 e. The molecule has 0 aromatic heterocycles. The van der Waals surface area contributed by atoms with Gasteiger partial charge in [0.15, 0.2) is 6.04 Å². The lowest BCUT2D eigenvalue weighted by molar-refractivity contribution is -0.142. The molecule has 0 heterocycles. The van der Waals surface area contributed by atoms with E-state index in [1.807, 2.05) is 20.8 Å². The van der Waals surface area contributed by atoms with E-state index >= 15 is 0 Å². The molecule has 1 aromatic carbocycles. The second-order valence-electron chi connectivity index (χ2n) is 5.53. The van der Waals surface area contributed by atoms with Crippen LogP contribution in [0.3, 0.4) is 0 Å². The van der Waals surface area contributed by atoms with Crippen LogP contribution < -0.4 is 11.1 Å². The predicted octanol–water partition coefficient (Wildman–Crippen LogP) is 1.30. The van der Waals surface area contributed by atoms with Crippen molar-refractivity contribution in [2.75, 3.05) is 0 Å². The third-order valence-corrected chi connectivity index (χ3v) is 2.88. The Kier molecular flexibility index (Phi) is 4.67. The number of carbonyl (C=O) groups excluding carboxylic acids is 1. The van der Waals surface area contributed by atoms with E-state index in [-0.39, 0.29) is 0 Å². The Balaban J connectivity index is 2.87. The molecule has 0 unspecified atom stereocenters. The highest BCUT2D eigenvalue weighted by Gasteiger charge is 2.31. The van der Waals surface area contributed by atoms with Gasteiger partial charge in [0.25, 0.3) is 0 Å². The monoisotopic (exact) mass is 264 g/mol. The van der Waals surface area contributed by atoms with Crippen molar-refractivity contribution in [3.8, 4) is 0 Å². The second kappa shape index (κ2) is 5.84. The Hall–Kier alpha value is -1.88. The van der Waals surface area contributed by atoms with E-state index in [0.29, 0.717) is 5.56 Å². The molecule has 0 saturated heterocycles. The van der Waals surface area contributed by atoms with Crippen LogP contribution in [-0.4, -0.2) is 23.0 Å². The fourth-order valence-corrected chi connectivity index (χ4v) is 1.56. The molecule has 0 bridgehead atoms. The van der Waals surface area contributed by atoms with Crippen molar-refractivity contribution in [3.63, 3.8) is 0 Å². The number of rotatable bonds is 4. The predicted molar refractivity (Wildman–Crippen MR) is 72.4 cm³/mol. The average molecular weight is 264 g/mol. The zero-order valence-corrected chi connectivity index (χ0v) is 11.4. The maximum absolute atomic E-state index is 12.0. The van der Waals surface area contributed by atoms with Crippen molar-refractivity contribution in [2.45, 2.75) is 32.9 Å². The molecular formula is C14H20N2O3. The number of carbonyl (C=O) groups is 2. The molecular weight excluding hydrogens is 244 g/mol. The lowest BCUT2D eigenvalue weighted by Gasteiger charge is -2.27. The molecule has 5 heteroatoms. The summed E-state index contributed by atoms with van der Waals surface area (Å²) in [5.41, 5.74) is 5.91. The normalized spacial score (nSPS) is 14.5. The topological polar surface area (TPSA) is 92.4 Å². The van der Waals surface area contributed by atoms with Crippen molar-refractivity contribution in [3.05, 3.63) is 35.9 Å². The standard InChI is InChI=1S/C14H20N2O3/c1-14(2,3)11(15)12(17)16-10(13(18)19)9-7-5-4-6-8-9/h4-8,10-11H,15H2,1-3H3,(H,16,17)(H,18,19)/t10-,11-/m0/s1. The molecule has 0 aliphatic heterocycles. The molecule has 0 fully saturated rings. The molecule has 104 valence electrons. The summed E-state index contributed by atoms with van der Waals surface area (Å²) in [5.74, 6) is -1.58. The van der Waals surface area contributed by atoms with Gasteiger partial charge < -0.3 is 16.2 Å². The first-order valence-electron chi connectivity index (χ1n) is 6.07. The summed E-state index contributed by atoms with van der Waals surface area (Å²) in [6, 6.07) is 6.69. The second-order valence-corrected chi connectivity index (χ2v) is 5.53. The lowest BCUT2D eigenvalue weighted by Crippen LogP contribution is -2.50. The molecule has 1 aromatic rings. The minimum absolute atomic E-state index is 0.427. The van der Waals surface area contributed by atoms with E-state index in [0.717, 1.165) is 0 Å². The van der Waals surface area contributed by atoms with E-state index in [1.54, 1.807) is 30.3 Å². The highest BCUT2D eigenvalue weighted by molar-refractivity contribution is 5.87. The number of carboxylic acids is 1. The Morgan fingerprint density at radius 3 is 2.16 bits per heavy atom. The molecule has 5 nitrogen and oxygen atoms in total. The van der Waals surface area contributed by atoms with Crippen molar-refractivity contribution in [1.82, 2.24) is 5.32 Å². The maximum atomic E-state index is 12.0. The minimum atomic E-state index is -1.11. The van der Waals surface area contributed by atoms with Gasteiger partial charge in [-0.05, 0) is 11.0 Å². The Morgan fingerprint density at radius 2 is 1.74 bits per heavy atom. The molecule has 0 aliphatic rings. The number of amides is 1. The molecule has 2 atom stereocenters. The number of benzene rings is 1. The Morgan fingerprint density at radius 1 is 1.21 bits per heavy atom. The van der Waals surface area contributed by atoms with Crippen LogP contribution in [0, 0.1) is 5.41 Å². The number of hydrogen-bond acceptors (Lipinski definition) is 3. The van der Waals surface area contributed by atoms with Gasteiger partial charge in [0, 0.05) is 0 Å². The number of carboxylic acid groups (broad SMARTS) is 1. The molecule has 1 amide bonds. The van der Waals surface area contributed by atoms with E-state index in [1.165, 1.54) is 0 Å². The summed E-state index contributed by atoms with van der Waals surface area (Å²) < 4.78 is 0. The third-order valence-electron chi connectivity index (χ3n) is 2.88. The summed E-state index contributed by atoms with van der Waals surface area (Å²) in [6.45, 7) is 5.49. The van der Waals surface area contributed by atoms with Crippen LogP contribution in [0.1, 0.15) is 32.4 Å². The van der Waals surface area contributed by atoms with Gasteiger partial charge in [0.2, 0.25) is 5.91 Å². The molecule has 19 heavy (non-hydrogen) atoms. The van der Waals surface area contributed by atoms with E-state index in [4.69, 9.17) is 5.73 Å². The van der Waals surface area contributed by atoms with Crippen molar-refractivity contribution in [1.29, 1.82) is 0 Å². The molecule has 0 radical (unpaired) electrons. The Labute approximate surface area is 112 Å². The van der Waals surface area contributed by atoms with Crippen molar-refractivity contribution >= 4 is 11.9 Å². The highest BCUT2D eigenvalue weighted by Crippen LogP contribution is 2.19. The van der Waals surface area contributed by atoms with Crippen LogP contribution in [0.25, 0.3) is 0 Å². The lowest BCUT2D eigenvalue weighted by atomic mass is 9.86. The van der Waals surface area contributed by atoms with Gasteiger partial charge in [0.05, 0.1) is 6.04 Å². The minimum Gasteiger partial charge on any atom is -0.479 e. The van der Waals surface area contributed by atoms with Crippen molar-refractivity contribution < 1.29 is 14.7 Å². The van der Waals surface area contributed by atoms with Crippen LogP contribution in [0.4, 0.5) is 0 Å². The fraction of sp³-hybridized carbons (Fsp3) is 0.429. The van der Waals surface area contributed by atoms with Gasteiger partial charge in [-0.25, -0.2) is 4.79 Å². The number of nitrogens with one attached hydrogen (secondary N) is 1. The quantitative estimate of drug-likeness (QED) is 0.764. The summed E-state index contributed by atoms with van der Waals surface area (Å²) >= 11 is 0. The smallest absolute Gasteiger partial charge is 0.330 e. The van der Waals surface area contributed by atoms with E-state index in [2.05, 4.69) is 5.32 Å². The summed E-state index contributed by atoms with van der Waals surface area (Å²) in [4.78, 5) is 23.2. The first-order chi connectivity index (χ1) is 8.73. The van der Waals surface area contributed by atoms with Crippen LogP contribution in [-0.2, 0) is 9.59 Å². The maximum Gasteiger partial charge on any atom is 0.330 e. The van der Waals surface area contributed by atoms with E-state index < -0.39 is 29.4 Å². The average Bonchev–Trinajstić information content (AvgIpc) is 2.34. The highest BCUT2D eigenvalue weighted by atomic mass is 16.4.